The van der Waals surface area contributed by atoms with Crippen molar-refractivity contribution in [3.05, 3.63) is 47.8 Å². The number of carbonyl (C=O) groups excluding carboxylic acids is 1. The molecule has 1 aliphatic rings. The Bertz CT molecular complexity index is 739. The molecule has 2 aromatic rings. The van der Waals surface area contributed by atoms with E-state index in [-0.39, 0.29) is 5.91 Å². The van der Waals surface area contributed by atoms with Crippen LogP contribution < -0.4 is 10.2 Å². The molecular formula is C20H27N5O. The predicted molar refractivity (Wildman–Crippen MR) is 105 cm³/mol. The highest BCUT2D eigenvalue weighted by atomic mass is 16.2. The maximum absolute atomic E-state index is 12.9. The molecule has 1 fully saturated rings. The summed E-state index contributed by atoms with van der Waals surface area (Å²) in [5, 5.41) is 3.21. The highest BCUT2D eigenvalue weighted by molar-refractivity contribution is 5.92. The van der Waals surface area contributed by atoms with Gasteiger partial charge in [-0.1, -0.05) is 32.0 Å². The van der Waals surface area contributed by atoms with Crippen molar-refractivity contribution in [2.24, 2.45) is 5.92 Å². The largest absolute Gasteiger partial charge is 0.368 e. The van der Waals surface area contributed by atoms with Gasteiger partial charge in [0.15, 0.2) is 0 Å². The molecule has 1 aliphatic heterocycles. The Morgan fingerprint density at radius 3 is 2.46 bits per heavy atom. The normalized spacial score (nSPS) is 14.6. The van der Waals surface area contributed by atoms with Crippen LogP contribution in [0.4, 0.5) is 11.6 Å². The van der Waals surface area contributed by atoms with Crippen LogP contribution in [0.1, 0.15) is 30.0 Å². The molecule has 0 aliphatic carbocycles. The monoisotopic (exact) mass is 353 g/mol. The highest BCUT2D eigenvalue weighted by Crippen LogP contribution is 2.17. The zero-order chi connectivity index (χ0) is 18.5. The minimum absolute atomic E-state index is 0.0178. The molecule has 3 rings (SSSR count). The molecule has 1 aromatic heterocycles. The lowest BCUT2D eigenvalue weighted by Crippen LogP contribution is -2.49. The Labute approximate surface area is 155 Å². The summed E-state index contributed by atoms with van der Waals surface area (Å²) in [6, 6.07) is 12.1. The molecule has 0 atom stereocenters. The Kier molecular flexibility index (Phi) is 5.71. The topological polar surface area (TPSA) is 61.4 Å². The van der Waals surface area contributed by atoms with Gasteiger partial charge in [-0.25, -0.2) is 9.97 Å². The molecular weight excluding hydrogens is 326 g/mol. The van der Waals surface area contributed by atoms with E-state index in [4.69, 9.17) is 0 Å². The average Bonchev–Trinajstić information content (AvgIpc) is 2.66. The van der Waals surface area contributed by atoms with Crippen molar-refractivity contribution in [3.8, 4) is 0 Å². The minimum Gasteiger partial charge on any atom is -0.368 e. The van der Waals surface area contributed by atoms with Crippen molar-refractivity contribution < 1.29 is 4.79 Å². The molecule has 6 heteroatoms. The van der Waals surface area contributed by atoms with E-state index >= 15 is 0 Å². The van der Waals surface area contributed by atoms with E-state index in [1.807, 2.05) is 30.0 Å². The molecule has 0 saturated carbocycles. The number of benzene rings is 1. The highest BCUT2D eigenvalue weighted by Gasteiger charge is 2.23. The van der Waals surface area contributed by atoms with Gasteiger partial charge in [0.05, 0.1) is 0 Å². The lowest BCUT2D eigenvalue weighted by molar-refractivity contribution is 0.0740. The van der Waals surface area contributed by atoms with E-state index in [9.17, 15) is 4.79 Å². The van der Waals surface area contributed by atoms with Crippen LogP contribution in [0.25, 0.3) is 0 Å². The van der Waals surface area contributed by atoms with Crippen LogP contribution in [-0.4, -0.2) is 53.5 Å². The number of aromatic nitrogens is 2. The Hall–Kier alpha value is -2.63. The van der Waals surface area contributed by atoms with Crippen molar-refractivity contribution >= 4 is 17.5 Å². The van der Waals surface area contributed by atoms with E-state index in [0.29, 0.717) is 30.6 Å². The Balaban J connectivity index is 1.65. The molecule has 1 aromatic carbocycles. The van der Waals surface area contributed by atoms with Crippen LogP contribution in [0.15, 0.2) is 36.4 Å². The Morgan fingerprint density at radius 2 is 1.81 bits per heavy atom. The first-order valence-corrected chi connectivity index (χ1v) is 9.22. The van der Waals surface area contributed by atoms with Crippen molar-refractivity contribution in [2.75, 3.05) is 42.9 Å². The van der Waals surface area contributed by atoms with Gasteiger partial charge in [0.25, 0.3) is 5.91 Å². The molecule has 2 heterocycles. The third-order valence-electron chi connectivity index (χ3n) is 4.43. The van der Waals surface area contributed by atoms with E-state index in [0.717, 1.165) is 25.3 Å². The number of amides is 1. The fraction of sp³-hybridized carbons (Fsp3) is 0.450. The third kappa shape index (κ3) is 4.50. The standard InChI is InChI=1S/C20H27N5O/c1-15(2)14-21-20-22-16(3)13-18(23-20)19(26)25-11-9-24(10-12-25)17-7-5-4-6-8-17/h4-8,13,15H,9-12,14H2,1-3H3,(H,21,22,23). The number of carbonyl (C=O) groups is 1. The molecule has 1 saturated heterocycles. The predicted octanol–water partition coefficient (Wildman–Crippen LogP) is 2.82. The summed E-state index contributed by atoms with van der Waals surface area (Å²) >= 11 is 0. The van der Waals surface area contributed by atoms with E-state index in [1.165, 1.54) is 5.69 Å². The first-order chi connectivity index (χ1) is 12.5. The van der Waals surface area contributed by atoms with Crippen molar-refractivity contribution in [1.29, 1.82) is 0 Å². The van der Waals surface area contributed by atoms with Crippen LogP contribution in [0, 0.1) is 12.8 Å². The molecule has 0 bridgehead atoms. The van der Waals surface area contributed by atoms with Gasteiger partial charge in [-0.3, -0.25) is 4.79 Å². The fourth-order valence-electron chi connectivity index (χ4n) is 3.02. The number of para-hydroxylation sites is 1. The maximum Gasteiger partial charge on any atom is 0.272 e. The van der Waals surface area contributed by atoms with Gasteiger partial charge in [0, 0.05) is 44.1 Å². The summed E-state index contributed by atoms with van der Waals surface area (Å²) in [5.41, 5.74) is 2.48. The van der Waals surface area contributed by atoms with E-state index in [2.05, 4.69) is 46.2 Å². The average molecular weight is 353 g/mol. The number of hydrogen-bond donors (Lipinski definition) is 1. The molecule has 0 radical (unpaired) electrons. The van der Waals surface area contributed by atoms with Gasteiger partial charge in [0.1, 0.15) is 5.69 Å². The van der Waals surface area contributed by atoms with Gasteiger partial charge in [-0.05, 0) is 31.0 Å². The second-order valence-electron chi connectivity index (χ2n) is 7.11. The smallest absolute Gasteiger partial charge is 0.272 e. The summed E-state index contributed by atoms with van der Waals surface area (Å²) < 4.78 is 0. The SMILES string of the molecule is Cc1cc(C(=O)N2CCN(c3ccccc3)CC2)nc(NCC(C)C)n1. The molecule has 0 unspecified atom stereocenters. The first-order valence-electron chi connectivity index (χ1n) is 9.22. The number of nitrogens with zero attached hydrogens (tertiary/aromatic N) is 4. The van der Waals surface area contributed by atoms with E-state index in [1.54, 1.807) is 6.07 Å². The second kappa shape index (κ2) is 8.17. The molecule has 26 heavy (non-hydrogen) atoms. The number of anilines is 2. The molecule has 1 amide bonds. The fourth-order valence-corrected chi connectivity index (χ4v) is 3.02. The first kappa shape index (κ1) is 18.2. The van der Waals surface area contributed by atoms with Crippen LogP contribution in [0.3, 0.4) is 0 Å². The second-order valence-corrected chi connectivity index (χ2v) is 7.11. The number of piperazine rings is 1. The summed E-state index contributed by atoms with van der Waals surface area (Å²) in [6.07, 6.45) is 0. The maximum atomic E-state index is 12.9. The van der Waals surface area contributed by atoms with Crippen molar-refractivity contribution in [1.82, 2.24) is 14.9 Å². The molecule has 1 N–H and O–H groups in total. The minimum atomic E-state index is -0.0178. The molecule has 138 valence electrons. The summed E-state index contributed by atoms with van der Waals surface area (Å²) in [4.78, 5) is 25.9. The zero-order valence-corrected chi connectivity index (χ0v) is 15.8. The molecule has 0 spiro atoms. The van der Waals surface area contributed by atoms with Gasteiger partial charge in [0.2, 0.25) is 5.95 Å². The van der Waals surface area contributed by atoms with Gasteiger partial charge in [-0.2, -0.15) is 0 Å². The van der Waals surface area contributed by atoms with Crippen molar-refractivity contribution in [3.63, 3.8) is 0 Å². The lowest BCUT2D eigenvalue weighted by Gasteiger charge is -2.36. The quantitative estimate of drug-likeness (QED) is 0.896. The van der Waals surface area contributed by atoms with Crippen molar-refractivity contribution in [2.45, 2.75) is 20.8 Å². The Morgan fingerprint density at radius 1 is 1.12 bits per heavy atom. The number of aryl methyl sites for hydroxylation is 1. The van der Waals surface area contributed by atoms with E-state index < -0.39 is 0 Å². The lowest BCUT2D eigenvalue weighted by atomic mass is 10.2. The zero-order valence-electron chi connectivity index (χ0n) is 15.8. The van der Waals surface area contributed by atoms with Crippen LogP contribution in [0.2, 0.25) is 0 Å². The number of hydrogen-bond acceptors (Lipinski definition) is 5. The van der Waals surface area contributed by atoms with Gasteiger partial charge >= 0.3 is 0 Å². The number of rotatable bonds is 5. The summed E-state index contributed by atoms with van der Waals surface area (Å²) in [5.74, 6) is 1.00. The van der Waals surface area contributed by atoms with Gasteiger partial charge in [-0.15, -0.1) is 0 Å². The summed E-state index contributed by atoms with van der Waals surface area (Å²) in [7, 11) is 0. The molecule has 6 nitrogen and oxygen atoms in total. The third-order valence-corrected chi connectivity index (χ3v) is 4.43. The summed E-state index contributed by atoms with van der Waals surface area (Å²) in [6.45, 7) is 10.00. The van der Waals surface area contributed by atoms with Crippen LogP contribution in [-0.2, 0) is 0 Å². The number of nitrogens with one attached hydrogen (secondary N) is 1. The van der Waals surface area contributed by atoms with Crippen LogP contribution >= 0.6 is 0 Å². The van der Waals surface area contributed by atoms with Gasteiger partial charge < -0.3 is 15.1 Å². The van der Waals surface area contributed by atoms with Crippen LogP contribution in [0.5, 0.6) is 0 Å².